The molecule has 0 saturated heterocycles. The van der Waals surface area contributed by atoms with Crippen LogP contribution in [0.15, 0.2) is 12.1 Å². The number of hydrogen-bond donors (Lipinski definition) is 3. The summed E-state index contributed by atoms with van der Waals surface area (Å²) in [6.07, 6.45) is 1.36. The van der Waals surface area contributed by atoms with Crippen LogP contribution >= 0.6 is 11.3 Å². The van der Waals surface area contributed by atoms with Crippen LogP contribution in [0, 0.1) is 12.8 Å². The van der Waals surface area contributed by atoms with Crippen LogP contribution in [0.5, 0.6) is 0 Å². The van der Waals surface area contributed by atoms with Crippen molar-refractivity contribution in [3.05, 3.63) is 21.9 Å². The van der Waals surface area contributed by atoms with Crippen LogP contribution in [0.25, 0.3) is 0 Å². The zero-order valence-electron chi connectivity index (χ0n) is 11.2. The first-order valence-electron chi connectivity index (χ1n) is 6.32. The molecule has 1 heterocycles. The standard InChI is InChI=1S/C13H20N2O3S/c1-3-4-10(12(16)17)7-14-13(18)15-8-11-6-5-9(2)19-11/h5-6,10H,3-4,7-8H2,1-2H3,(H,16,17)(H2,14,15,18). The molecule has 1 aromatic rings. The van der Waals surface area contributed by atoms with E-state index in [0.29, 0.717) is 13.0 Å². The highest BCUT2D eigenvalue weighted by molar-refractivity contribution is 7.11. The van der Waals surface area contributed by atoms with E-state index < -0.39 is 11.9 Å². The Morgan fingerprint density at radius 3 is 2.63 bits per heavy atom. The Hall–Kier alpha value is -1.56. The molecule has 0 aromatic carbocycles. The second kappa shape index (κ2) is 7.78. The monoisotopic (exact) mass is 284 g/mol. The molecular weight excluding hydrogens is 264 g/mol. The summed E-state index contributed by atoms with van der Waals surface area (Å²) in [6.45, 7) is 4.57. The molecule has 0 bridgehead atoms. The first kappa shape index (κ1) is 15.5. The highest BCUT2D eigenvalue weighted by atomic mass is 32.1. The van der Waals surface area contributed by atoms with E-state index in [1.54, 1.807) is 11.3 Å². The lowest BCUT2D eigenvalue weighted by Crippen LogP contribution is -2.39. The van der Waals surface area contributed by atoms with E-state index in [1.807, 2.05) is 26.0 Å². The van der Waals surface area contributed by atoms with Crippen LogP contribution in [-0.4, -0.2) is 23.7 Å². The molecule has 1 atom stereocenters. The third-order valence-electron chi connectivity index (χ3n) is 2.71. The van der Waals surface area contributed by atoms with Gasteiger partial charge in [0, 0.05) is 16.3 Å². The Balaban J connectivity index is 2.28. The number of amides is 2. The van der Waals surface area contributed by atoms with Crippen LogP contribution in [0.2, 0.25) is 0 Å². The Morgan fingerprint density at radius 2 is 2.11 bits per heavy atom. The van der Waals surface area contributed by atoms with E-state index in [9.17, 15) is 9.59 Å². The predicted octanol–water partition coefficient (Wildman–Crippen LogP) is 2.36. The summed E-state index contributed by atoms with van der Waals surface area (Å²) in [6, 6.07) is 3.65. The Kier molecular flexibility index (Phi) is 6.35. The fourth-order valence-electron chi connectivity index (χ4n) is 1.69. The smallest absolute Gasteiger partial charge is 0.315 e. The summed E-state index contributed by atoms with van der Waals surface area (Å²) < 4.78 is 0. The Morgan fingerprint density at radius 1 is 1.37 bits per heavy atom. The lowest BCUT2D eigenvalue weighted by molar-refractivity contribution is -0.141. The molecule has 6 heteroatoms. The van der Waals surface area contributed by atoms with E-state index in [-0.39, 0.29) is 12.6 Å². The van der Waals surface area contributed by atoms with Gasteiger partial charge in [-0.15, -0.1) is 11.3 Å². The van der Waals surface area contributed by atoms with Gasteiger partial charge in [-0.25, -0.2) is 4.79 Å². The third-order valence-corrected chi connectivity index (χ3v) is 3.72. The van der Waals surface area contributed by atoms with Gasteiger partial charge in [0.05, 0.1) is 12.5 Å². The number of aryl methyl sites for hydroxylation is 1. The van der Waals surface area contributed by atoms with E-state index in [0.717, 1.165) is 11.3 Å². The van der Waals surface area contributed by atoms with Crippen molar-refractivity contribution in [1.82, 2.24) is 10.6 Å². The lowest BCUT2D eigenvalue weighted by atomic mass is 10.0. The summed E-state index contributed by atoms with van der Waals surface area (Å²) >= 11 is 1.63. The van der Waals surface area contributed by atoms with Crippen LogP contribution in [0.1, 0.15) is 29.5 Å². The van der Waals surface area contributed by atoms with Crippen LogP contribution in [-0.2, 0) is 11.3 Å². The second-order valence-corrected chi connectivity index (χ2v) is 5.77. The van der Waals surface area contributed by atoms with Gasteiger partial charge in [0.15, 0.2) is 0 Å². The van der Waals surface area contributed by atoms with Gasteiger partial charge in [-0.05, 0) is 25.5 Å². The quantitative estimate of drug-likeness (QED) is 0.719. The zero-order chi connectivity index (χ0) is 14.3. The van der Waals surface area contributed by atoms with Crippen molar-refractivity contribution in [3.63, 3.8) is 0 Å². The van der Waals surface area contributed by atoms with Gasteiger partial charge in [-0.3, -0.25) is 4.79 Å². The summed E-state index contributed by atoms with van der Waals surface area (Å²) in [4.78, 5) is 24.7. The van der Waals surface area contributed by atoms with E-state index in [1.165, 1.54) is 4.88 Å². The van der Waals surface area contributed by atoms with Gasteiger partial charge >= 0.3 is 12.0 Å². The maximum atomic E-state index is 11.5. The van der Waals surface area contributed by atoms with Gasteiger partial charge in [0.25, 0.3) is 0 Å². The van der Waals surface area contributed by atoms with E-state index >= 15 is 0 Å². The molecule has 0 spiro atoms. The minimum Gasteiger partial charge on any atom is -0.481 e. The van der Waals surface area contributed by atoms with Crippen molar-refractivity contribution in [2.24, 2.45) is 5.92 Å². The summed E-state index contributed by atoms with van der Waals surface area (Å²) in [5.41, 5.74) is 0. The first-order chi connectivity index (χ1) is 9.02. The summed E-state index contributed by atoms with van der Waals surface area (Å²) in [5, 5.41) is 14.3. The molecule has 0 saturated carbocycles. The summed E-state index contributed by atoms with van der Waals surface area (Å²) in [5.74, 6) is -1.38. The largest absolute Gasteiger partial charge is 0.481 e. The summed E-state index contributed by atoms with van der Waals surface area (Å²) in [7, 11) is 0. The third kappa shape index (κ3) is 5.74. The molecule has 1 rings (SSSR count). The molecule has 0 radical (unpaired) electrons. The second-order valence-electron chi connectivity index (χ2n) is 4.40. The minimum atomic E-state index is -0.865. The highest BCUT2D eigenvalue weighted by Gasteiger charge is 2.16. The number of rotatable bonds is 7. The zero-order valence-corrected chi connectivity index (χ0v) is 12.0. The average molecular weight is 284 g/mol. The van der Waals surface area contributed by atoms with Crippen molar-refractivity contribution in [2.45, 2.75) is 33.2 Å². The van der Waals surface area contributed by atoms with Gasteiger partial charge in [0.1, 0.15) is 0 Å². The molecule has 1 unspecified atom stereocenters. The van der Waals surface area contributed by atoms with Crippen molar-refractivity contribution in [2.75, 3.05) is 6.54 Å². The molecule has 3 N–H and O–H groups in total. The van der Waals surface area contributed by atoms with Crippen molar-refractivity contribution < 1.29 is 14.7 Å². The average Bonchev–Trinajstić information content (AvgIpc) is 2.77. The van der Waals surface area contributed by atoms with Crippen LogP contribution in [0.4, 0.5) is 4.79 Å². The molecule has 2 amide bonds. The number of carbonyl (C=O) groups excluding carboxylic acids is 1. The maximum absolute atomic E-state index is 11.5. The van der Waals surface area contributed by atoms with Gasteiger partial charge in [-0.1, -0.05) is 13.3 Å². The van der Waals surface area contributed by atoms with Gasteiger partial charge < -0.3 is 15.7 Å². The first-order valence-corrected chi connectivity index (χ1v) is 7.14. The molecule has 0 fully saturated rings. The molecule has 0 aliphatic carbocycles. The number of hydrogen-bond acceptors (Lipinski definition) is 3. The fourth-order valence-corrected chi connectivity index (χ4v) is 2.52. The predicted molar refractivity (Wildman–Crippen MR) is 75.3 cm³/mol. The normalized spacial score (nSPS) is 11.9. The minimum absolute atomic E-state index is 0.165. The van der Waals surface area contributed by atoms with Crippen LogP contribution in [0.3, 0.4) is 0 Å². The number of carbonyl (C=O) groups is 2. The number of carboxylic acid groups (broad SMARTS) is 1. The molecule has 0 aliphatic rings. The maximum Gasteiger partial charge on any atom is 0.315 e. The number of thiophene rings is 1. The van der Waals surface area contributed by atoms with Crippen molar-refractivity contribution in [1.29, 1.82) is 0 Å². The van der Waals surface area contributed by atoms with E-state index in [2.05, 4.69) is 10.6 Å². The topological polar surface area (TPSA) is 78.4 Å². The lowest BCUT2D eigenvalue weighted by Gasteiger charge is -2.12. The molecule has 0 aliphatic heterocycles. The molecule has 19 heavy (non-hydrogen) atoms. The van der Waals surface area contributed by atoms with Gasteiger partial charge in [-0.2, -0.15) is 0 Å². The molecule has 106 valence electrons. The SMILES string of the molecule is CCCC(CNC(=O)NCc1ccc(C)s1)C(=O)O. The Bertz CT molecular complexity index is 431. The molecule has 1 aromatic heterocycles. The highest BCUT2D eigenvalue weighted by Crippen LogP contribution is 2.14. The Labute approximate surface area is 117 Å². The molecule has 5 nitrogen and oxygen atoms in total. The number of aliphatic carboxylic acids is 1. The van der Waals surface area contributed by atoms with Crippen LogP contribution < -0.4 is 10.6 Å². The number of urea groups is 1. The fraction of sp³-hybridized carbons (Fsp3) is 0.538. The number of carboxylic acids is 1. The van der Waals surface area contributed by atoms with E-state index in [4.69, 9.17) is 5.11 Å². The molecular formula is C13H20N2O3S. The van der Waals surface area contributed by atoms with Crippen molar-refractivity contribution in [3.8, 4) is 0 Å². The number of nitrogens with one attached hydrogen (secondary N) is 2. The van der Waals surface area contributed by atoms with Gasteiger partial charge in [0.2, 0.25) is 0 Å². The van der Waals surface area contributed by atoms with Crippen molar-refractivity contribution >= 4 is 23.3 Å².